The van der Waals surface area contributed by atoms with Gasteiger partial charge in [0.05, 0.1) is 6.10 Å². The standard InChI is InChI=1S/C16H27NO/c1-12(2)8-9-17(5)11-16(18)15-7-6-13(3)14(4)10-15/h6-7,10,12,16,18H,8-9,11H2,1-5H3. The van der Waals surface area contributed by atoms with Gasteiger partial charge in [0.15, 0.2) is 0 Å². The van der Waals surface area contributed by atoms with E-state index in [9.17, 15) is 5.11 Å². The number of likely N-dealkylation sites (N-methyl/N-ethyl adjacent to an activating group) is 1. The van der Waals surface area contributed by atoms with Gasteiger partial charge in [-0.3, -0.25) is 0 Å². The van der Waals surface area contributed by atoms with Crippen LogP contribution in [0, 0.1) is 19.8 Å². The van der Waals surface area contributed by atoms with Crippen molar-refractivity contribution in [2.24, 2.45) is 5.92 Å². The number of aliphatic hydroxyl groups is 1. The summed E-state index contributed by atoms with van der Waals surface area (Å²) in [6.07, 6.45) is 0.789. The highest BCUT2D eigenvalue weighted by Gasteiger charge is 2.11. The summed E-state index contributed by atoms with van der Waals surface area (Å²) >= 11 is 0. The van der Waals surface area contributed by atoms with Crippen LogP contribution in [0.25, 0.3) is 0 Å². The van der Waals surface area contributed by atoms with Gasteiger partial charge in [0.2, 0.25) is 0 Å². The summed E-state index contributed by atoms with van der Waals surface area (Å²) in [6.45, 7) is 10.4. The molecule has 1 atom stereocenters. The molecule has 0 aliphatic rings. The smallest absolute Gasteiger partial charge is 0.0916 e. The van der Waals surface area contributed by atoms with Crippen LogP contribution in [0.4, 0.5) is 0 Å². The fraction of sp³-hybridized carbons (Fsp3) is 0.625. The highest BCUT2D eigenvalue weighted by Crippen LogP contribution is 2.18. The van der Waals surface area contributed by atoms with Crippen molar-refractivity contribution in [2.45, 2.75) is 40.2 Å². The van der Waals surface area contributed by atoms with E-state index >= 15 is 0 Å². The number of aliphatic hydroxyl groups excluding tert-OH is 1. The summed E-state index contributed by atoms with van der Waals surface area (Å²) in [7, 11) is 2.08. The van der Waals surface area contributed by atoms with Crippen molar-refractivity contribution < 1.29 is 5.11 Å². The third-order valence-corrected chi connectivity index (χ3v) is 3.49. The number of hydrogen-bond donors (Lipinski definition) is 1. The van der Waals surface area contributed by atoms with Crippen molar-refractivity contribution in [3.05, 3.63) is 34.9 Å². The average molecular weight is 249 g/mol. The molecule has 0 spiro atoms. The Hall–Kier alpha value is -0.860. The number of hydrogen-bond acceptors (Lipinski definition) is 2. The molecule has 2 heteroatoms. The molecule has 1 aromatic carbocycles. The Morgan fingerprint density at radius 2 is 1.83 bits per heavy atom. The van der Waals surface area contributed by atoms with E-state index in [0.717, 1.165) is 12.1 Å². The van der Waals surface area contributed by atoms with Crippen molar-refractivity contribution in [3.8, 4) is 0 Å². The van der Waals surface area contributed by atoms with Crippen LogP contribution in [0.5, 0.6) is 0 Å². The molecule has 0 heterocycles. The Balaban J connectivity index is 2.53. The molecule has 1 rings (SSSR count). The van der Waals surface area contributed by atoms with E-state index < -0.39 is 0 Å². The van der Waals surface area contributed by atoms with Crippen LogP contribution >= 0.6 is 0 Å². The van der Waals surface area contributed by atoms with Crippen molar-refractivity contribution >= 4 is 0 Å². The molecule has 0 fully saturated rings. The second-order valence-electron chi connectivity index (χ2n) is 5.80. The molecule has 18 heavy (non-hydrogen) atoms. The minimum atomic E-state index is -0.388. The lowest BCUT2D eigenvalue weighted by molar-refractivity contribution is 0.124. The molecular formula is C16H27NO. The monoisotopic (exact) mass is 249 g/mol. The van der Waals surface area contributed by atoms with Gasteiger partial charge in [0.25, 0.3) is 0 Å². The molecule has 102 valence electrons. The van der Waals surface area contributed by atoms with Crippen molar-refractivity contribution in [2.75, 3.05) is 20.1 Å². The van der Waals surface area contributed by atoms with E-state index in [1.54, 1.807) is 0 Å². The molecule has 0 aliphatic heterocycles. The molecule has 0 bridgehead atoms. The second kappa shape index (κ2) is 6.91. The SMILES string of the molecule is Cc1ccc(C(O)CN(C)CCC(C)C)cc1C. The van der Waals surface area contributed by atoms with Crippen LogP contribution in [-0.4, -0.2) is 30.1 Å². The highest BCUT2D eigenvalue weighted by atomic mass is 16.3. The van der Waals surface area contributed by atoms with Crippen LogP contribution in [-0.2, 0) is 0 Å². The first-order chi connectivity index (χ1) is 8.40. The maximum atomic E-state index is 10.2. The van der Waals surface area contributed by atoms with Gasteiger partial charge in [-0.1, -0.05) is 32.0 Å². The van der Waals surface area contributed by atoms with Crippen molar-refractivity contribution in [3.63, 3.8) is 0 Å². The summed E-state index contributed by atoms with van der Waals surface area (Å²) in [4.78, 5) is 2.21. The van der Waals surface area contributed by atoms with Crippen LogP contribution in [0.2, 0.25) is 0 Å². The first-order valence-corrected chi connectivity index (χ1v) is 6.84. The lowest BCUT2D eigenvalue weighted by atomic mass is 10.0. The molecule has 0 radical (unpaired) electrons. The zero-order valence-electron chi connectivity index (χ0n) is 12.4. The van der Waals surface area contributed by atoms with Crippen molar-refractivity contribution in [1.29, 1.82) is 0 Å². The summed E-state index contributed by atoms with van der Waals surface area (Å²) in [6, 6.07) is 6.21. The van der Waals surface area contributed by atoms with Gasteiger partial charge in [-0.2, -0.15) is 0 Å². The molecule has 1 aromatic rings. The van der Waals surface area contributed by atoms with Crippen LogP contribution in [0.15, 0.2) is 18.2 Å². The van der Waals surface area contributed by atoms with E-state index in [2.05, 4.69) is 51.8 Å². The van der Waals surface area contributed by atoms with Gasteiger partial charge in [-0.05, 0) is 56.5 Å². The lowest BCUT2D eigenvalue weighted by Gasteiger charge is -2.22. The van der Waals surface area contributed by atoms with Crippen LogP contribution in [0.1, 0.15) is 43.1 Å². The van der Waals surface area contributed by atoms with E-state index in [1.165, 1.54) is 17.5 Å². The zero-order chi connectivity index (χ0) is 13.7. The lowest BCUT2D eigenvalue weighted by Crippen LogP contribution is -2.26. The van der Waals surface area contributed by atoms with Gasteiger partial charge in [0, 0.05) is 6.54 Å². The maximum Gasteiger partial charge on any atom is 0.0916 e. The maximum absolute atomic E-state index is 10.2. The van der Waals surface area contributed by atoms with Crippen LogP contribution in [0.3, 0.4) is 0 Å². The fourth-order valence-electron chi connectivity index (χ4n) is 1.94. The Labute approximate surface area is 112 Å². The Kier molecular flexibility index (Phi) is 5.83. The molecule has 1 N–H and O–H groups in total. The average Bonchev–Trinajstić information content (AvgIpc) is 2.30. The van der Waals surface area contributed by atoms with Gasteiger partial charge >= 0.3 is 0 Å². The molecule has 0 aliphatic carbocycles. The number of rotatable bonds is 6. The van der Waals surface area contributed by atoms with E-state index in [4.69, 9.17) is 0 Å². The molecule has 0 amide bonds. The van der Waals surface area contributed by atoms with Gasteiger partial charge in [-0.25, -0.2) is 0 Å². The molecule has 0 aromatic heterocycles. The summed E-state index contributed by atoms with van der Waals surface area (Å²) in [5, 5.41) is 10.2. The Morgan fingerprint density at radius 1 is 1.17 bits per heavy atom. The zero-order valence-corrected chi connectivity index (χ0v) is 12.4. The molecule has 2 nitrogen and oxygen atoms in total. The first-order valence-electron chi connectivity index (χ1n) is 6.84. The summed E-state index contributed by atoms with van der Waals surface area (Å²) in [5.74, 6) is 0.714. The topological polar surface area (TPSA) is 23.5 Å². The number of nitrogens with zero attached hydrogens (tertiary/aromatic N) is 1. The minimum Gasteiger partial charge on any atom is -0.387 e. The van der Waals surface area contributed by atoms with Gasteiger partial charge in [-0.15, -0.1) is 0 Å². The van der Waals surface area contributed by atoms with E-state index in [-0.39, 0.29) is 6.10 Å². The van der Waals surface area contributed by atoms with Gasteiger partial charge < -0.3 is 10.0 Å². The van der Waals surface area contributed by atoms with E-state index in [1.807, 2.05) is 6.07 Å². The quantitative estimate of drug-likeness (QED) is 0.836. The third-order valence-electron chi connectivity index (χ3n) is 3.49. The summed E-state index contributed by atoms with van der Waals surface area (Å²) < 4.78 is 0. The molecule has 1 unspecified atom stereocenters. The summed E-state index contributed by atoms with van der Waals surface area (Å²) in [5.41, 5.74) is 3.55. The van der Waals surface area contributed by atoms with E-state index in [0.29, 0.717) is 12.5 Å². The first kappa shape index (κ1) is 15.2. The van der Waals surface area contributed by atoms with Crippen LogP contribution < -0.4 is 0 Å². The molecular weight excluding hydrogens is 222 g/mol. The molecule has 0 saturated heterocycles. The Morgan fingerprint density at radius 3 is 2.39 bits per heavy atom. The second-order valence-corrected chi connectivity index (χ2v) is 5.80. The predicted molar refractivity (Wildman–Crippen MR) is 77.8 cm³/mol. The number of benzene rings is 1. The minimum absolute atomic E-state index is 0.388. The normalized spacial score (nSPS) is 13.3. The predicted octanol–water partition coefficient (Wildman–Crippen LogP) is 3.31. The largest absolute Gasteiger partial charge is 0.387 e. The third kappa shape index (κ3) is 4.79. The number of aryl methyl sites for hydroxylation is 2. The molecule has 0 saturated carbocycles. The van der Waals surface area contributed by atoms with Gasteiger partial charge in [0.1, 0.15) is 0 Å². The Bertz CT molecular complexity index is 373. The fourth-order valence-corrected chi connectivity index (χ4v) is 1.94. The highest BCUT2D eigenvalue weighted by molar-refractivity contribution is 5.31. The van der Waals surface area contributed by atoms with Crippen molar-refractivity contribution in [1.82, 2.24) is 4.90 Å².